The Morgan fingerprint density at radius 3 is 1.26 bits per heavy atom. The van der Waals surface area contributed by atoms with Crippen LogP contribution < -0.4 is 19.3 Å². The fourth-order valence-corrected chi connectivity index (χ4v) is 14.0. The summed E-state index contributed by atoms with van der Waals surface area (Å²) in [6.45, 7) is 8.90. The molecule has 12 nitrogen and oxygen atoms in total. The van der Waals surface area contributed by atoms with E-state index in [4.69, 9.17) is 19.7 Å². The van der Waals surface area contributed by atoms with Gasteiger partial charge in [-0.2, -0.15) is 8.78 Å². The van der Waals surface area contributed by atoms with Crippen molar-refractivity contribution >= 4 is 77.9 Å². The van der Waals surface area contributed by atoms with Gasteiger partial charge in [0.15, 0.2) is 19.7 Å². The van der Waals surface area contributed by atoms with Crippen molar-refractivity contribution in [3.63, 3.8) is 0 Å². The van der Waals surface area contributed by atoms with E-state index in [2.05, 4.69) is 13.8 Å². The van der Waals surface area contributed by atoms with E-state index in [-0.39, 0.29) is 32.8 Å². The first-order valence-electron chi connectivity index (χ1n) is 22.6. The number of ether oxygens (including phenoxy) is 2. The zero-order valence-electron chi connectivity index (χ0n) is 39.8. The molecule has 380 valence electrons. The predicted molar refractivity (Wildman–Crippen MR) is 267 cm³/mol. The first-order chi connectivity index (χ1) is 33.1. The molecule has 0 aliphatic carbocycles. The van der Waals surface area contributed by atoms with Crippen LogP contribution in [0, 0.1) is 22.5 Å². The smallest absolute Gasteiger partial charge is 0.368 e. The van der Waals surface area contributed by atoms with Crippen molar-refractivity contribution in [3.05, 3.63) is 109 Å². The Morgan fingerprint density at radius 2 is 0.971 bits per heavy atom. The van der Waals surface area contributed by atoms with Crippen LogP contribution in [0.15, 0.2) is 117 Å². The maximum absolute atomic E-state index is 13.7. The lowest BCUT2D eigenvalue weighted by molar-refractivity contribution is -0.135. The van der Waals surface area contributed by atoms with Crippen LogP contribution in [0.1, 0.15) is 79.1 Å². The van der Waals surface area contributed by atoms with Gasteiger partial charge in [0, 0.05) is 47.4 Å². The highest BCUT2D eigenvalue weighted by Gasteiger charge is 2.43. The molecule has 0 fully saturated rings. The van der Waals surface area contributed by atoms with Crippen molar-refractivity contribution < 1.29 is 63.7 Å². The molecular formula is C50H58F4N2O10S4. The van der Waals surface area contributed by atoms with Crippen LogP contribution in [0.3, 0.4) is 0 Å². The normalized spacial score (nSPS) is 19.7. The number of anilines is 4. The number of hydrogen-bond acceptors (Lipinski definition) is 12. The number of sulfone groups is 2. The van der Waals surface area contributed by atoms with E-state index in [1.54, 1.807) is 48.9 Å². The van der Waals surface area contributed by atoms with Gasteiger partial charge in [0.25, 0.3) is 0 Å². The largest absolute Gasteiger partial charge is 0.476 e. The van der Waals surface area contributed by atoms with E-state index in [0.717, 1.165) is 25.7 Å². The van der Waals surface area contributed by atoms with E-state index >= 15 is 0 Å². The van der Waals surface area contributed by atoms with Gasteiger partial charge in [0.1, 0.15) is 35.7 Å². The number of hydrogen-bond donors (Lipinski definition) is 2. The molecule has 0 radical (unpaired) electrons. The molecule has 0 saturated heterocycles. The van der Waals surface area contributed by atoms with Crippen LogP contribution in [-0.2, 0) is 29.3 Å². The van der Waals surface area contributed by atoms with Gasteiger partial charge >= 0.3 is 11.9 Å². The summed E-state index contributed by atoms with van der Waals surface area (Å²) < 4.78 is 120. The summed E-state index contributed by atoms with van der Waals surface area (Å²) in [7, 11) is -7.63. The number of carbonyl (C=O) groups is 2. The monoisotopic (exact) mass is 1050 g/mol. The fraction of sp³-hybridized carbons (Fsp3) is 0.400. The van der Waals surface area contributed by atoms with Gasteiger partial charge in [-0.3, -0.25) is 0 Å². The molecule has 2 N–H and O–H groups in total. The summed E-state index contributed by atoms with van der Waals surface area (Å²) in [4.78, 5) is 26.4. The average molecular weight is 1050 g/mol. The van der Waals surface area contributed by atoms with Crippen molar-refractivity contribution in [2.75, 3.05) is 46.9 Å². The van der Waals surface area contributed by atoms with Gasteiger partial charge in [-0.25, -0.2) is 35.2 Å². The highest BCUT2D eigenvalue weighted by Crippen LogP contribution is 2.49. The van der Waals surface area contributed by atoms with Crippen LogP contribution >= 0.6 is 23.5 Å². The number of halogens is 4. The Kier molecular flexibility index (Phi) is 19.0. The fourth-order valence-electron chi connectivity index (χ4n) is 8.60. The molecule has 2 heterocycles. The van der Waals surface area contributed by atoms with Gasteiger partial charge < -0.3 is 29.5 Å². The van der Waals surface area contributed by atoms with Gasteiger partial charge in [-0.05, 0) is 98.9 Å². The minimum Gasteiger partial charge on any atom is -0.476 e. The molecule has 70 heavy (non-hydrogen) atoms. The summed E-state index contributed by atoms with van der Waals surface area (Å²) in [6.07, 6.45) is 10.6. The zero-order valence-corrected chi connectivity index (χ0v) is 43.0. The minimum atomic E-state index is -3.82. The van der Waals surface area contributed by atoms with E-state index < -0.39 is 65.7 Å². The third-order valence-electron chi connectivity index (χ3n) is 12.6. The number of rotatable bonds is 18. The zero-order chi connectivity index (χ0) is 51.6. The lowest BCUT2D eigenvalue weighted by Crippen LogP contribution is -2.37. The highest BCUT2D eigenvalue weighted by atomic mass is 32.2. The molecule has 0 aromatic heterocycles. The van der Waals surface area contributed by atoms with Crippen LogP contribution in [0.4, 0.5) is 40.3 Å². The molecule has 0 bridgehead atoms. The number of fused-ring (bicyclic) bond motifs is 2. The molecule has 0 unspecified atom stereocenters. The Balaban J connectivity index is 0.000000261. The Labute approximate surface area is 416 Å². The lowest BCUT2D eigenvalue weighted by Gasteiger charge is -2.36. The number of unbranched alkanes of at least 4 members (excludes halogenated alkanes) is 2. The average Bonchev–Trinajstić information content (AvgIpc) is 3.50. The van der Waals surface area contributed by atoms with Gasteiger partial charge in [0.2, 0.25) is 11.7 Å². The summed E-state index contributed by atoms with van der Waals surface area (Å²) in [6, 6.07) is 17.7. The van der Waals surface area contributed by atoms with Crippen molar-refractivity contribution in [1.82, 2.24) is 0 Å². The summed E-state index contributed by atoms with van der Waals surface area (Å²) in [5.74, 6) is -7.49. The number of aliphatic carboxylic acids is 2. The summed E-state index contributed by atoms with van der Waals surface area (Å²) >= 11 is 2.50. The third-order valence-corrected chi connectivity index (χ3v) is 18.1. The van der Waals surface area contributed by atoms with Crippen molar-refractivity contribution in [2.24, 2.45) is 10.8 Å². The van der Waals surface area contributed by atoms with Gasteiger partial charge in [-0.15, -0.1) is 23.5 Å². The second-order valence-corrected chi connectivity index (χ2v) is 22.9. The van der Waals surface area contributed by atoms with Crippen molar-refractivity contribution in [1.29, 1.82) is 0 Å². The van der Waals surface area contributed by atoms with Crippen molar-refractivity contribution in [2.45, 2.75) is 98.6 Å². The van der Waals surface area contributed by atoms with Crippen LogP contribution in [-0.4, -0.2) is 76.1 Å². The second kappa shape index (κ2) is 23.8. The maximum atomic E-state index is 13.7. The molecule has 0 saturated carbocycles. The first-order valence-corrected chi connectivity index (χ1v) is 28.3. The first kappa shape index (κ1) is 55.7. The van der Waals surface area contributed by atoms with Gasteiger partial charge in [0.05, 0.1) is 42.5 Å². The van der Waals surface area contributed by atoms with Crippen LogP contribution in [0.25, 0.3) is 0 Å². The second-order valence-electron chi connectivity index (χ2n) is 17.3. The molecule has 0 spiro atoms. The molecule has 2 atom stereocenters. The highest BCUT2D eigenvalue weighted by molar-refractivity contribution is 7.99. The van der Waals surface area contributed by atoms with E-state index in [1.807, 2.05) is 23.6 Å². The Bertz CT molecular complexity index is 2620. The Morgan fingerprint density at radius 1 is 0.629 bits per heavy atom. The summed E-state index contributed by atoms with van der Waals surface area (Å²) in [5, 5.41) is 17.6. The predicted octanol–water partition coefficient (Wildman–Crippen LogP) is 12.7. The molecule has 2 aliphatic heterocycles. The van der Waals surface area contributed by atoms with E-state index in [9.17, 15) is 44.0 Å². The number of thioether (sulfide) groups is 2. The molecule has 4 aromatic carbocycles. The molecule has 2 aliphatic rings. The van der Waals surface area contributed by atoms with Crippen molar-refractivity contribution in [3.8, 4) is 11.5 Å². The third kappa shape index (κ3) is 13.2. The molecule has 4 aromatic rings. The number of nitrogens with zero attached hydrogens (tertiary/aromatic N) is 2. The van der Waals surface area contributed by atoms with Crippen LogP contribution in [0.5, 0.6) is 11.5 Å². The van der Waals surface area contributed by atoms with Gasteiger partial charge in [-0.1, -0.05) is 53.4 Å². The molecule has 0 amide bonds. The SMILES string of the molecule is CCCC[C@@]1(CC)CN(c2ccc(F)cc2)c2cc(SC)c(O/C=C(\F)C(=O)O)cc2S(=O)(=O)C1.CCCC[C@]1(CC)CN(c2ccc(F)cc2)c2cc(SC)c(O/C=C(\F)C(=O)O)cc2S(=O)(=O)C1. The summed E-state index contributed by atoms with van der Waals surface area (Å²) in [5.41, 5.74) is 1.05. The molecule has 6 rings (SSSR count). The molecule has 20 heteroatoms. The lowest BCUT2D eigenvalue weighted by atomic mass is 9.81. The Hall–Kier alpha value is -5.18. The number of benzene rings is 4. The minimum absolute atomic E-state index is 0.00517. The quantitative estimate of drug-likeness (QED) is 0.0418. The maximum Gasteiger partial charge on any atom is 0.368 e. The standard InChI is InChI=1S/2C25H29F2NO5S2/c2*1-4-6-11-25(5-2)15-28(18-9-7-17(26)8-10-18)20-12-22(34-3)21(33-14-19(27)24(29)30)13-23(20)35(31,32)16-25/h2*7-10,12-14H,4-6,11,15-16H2,1-3H3,(H,29,30)/b2*19-14-/t2*25-/m10/s1. The topological polar surface area (TPSA) is 168 Å². The van der Waals surface area contributed by atoms with E-state index in [1.165, 1.54) is 59.9 Å². The number of carboxylic acids is 2. The van der Waals surface area contributed by atoms with Crippen LogP contribution in [0.2, 0.25) is 0 Å². The molecular weight excluding hydrogens is 993 g/mol. The van der Waals surface area contributed by atoms with E-state index in [0.29, 0.717) is 83.8 Å². The number of carboxylic acid groups (broad SMARTS) is 2.